The molecule has 0 atom stereocenters. The van der Waals surface area contributed by atoms with E-state index in [0.29, 0.717) is 65.7 Å². The van der Waals surface area contributed by atoms with Crippen molar-refractivity contribution < 1.29 is 128 Å². The number of nitrogen functional groups attached to an aromatic ring is 2. The Morgan fingerprint density at radius 2 is 0.761 bits per heavy atom. The van der Waals surface area contributed by atoms with Crippen molar-refractivity contribution in [3.8, 4) is 11.1 Å². The number of halogens is 12. The van der Waals surface area contributed by atoms with Crippen molar-refractivity contribution in [1.82, 2.24) is 9.97 Å². The fraction of sp³-hybridized carbons (Fsp3) is 0.226. The molecular formula is C84H89B2Br2Cl10N9NaO25S. The molecule has 0 spiro atoms. The predicted octanol–water partition coefficient (Wildman–Crippen LogP) is 18.7. The molecule has 0 unspecified atom stereocenters. The molecule has 0 aliphatic heterocycles. The largest absolute Gasteiger partial charge is 1.00 e. The molecule has 10 aromatic rings. The van der Waals surface area contributed by atoms with Gasteiger partial charge in [0.05, 0.1) is 44.8 Å². The molecule has 134 heavy (non-hydrogen) atoms. The minimum Gasteiger partial charge on any atom is -1.00 e. The van der Waals surface area contributed by atoms with Crippen LogP contribution in [0.2, 0.25) is 40.2 Å². The molecule has 717 valence electrons. The first kappa shape index (κ1) is 140. The molecule has 8 N–H and O–H groups in total. The summed E-state index contributed by atoms with van der Waals surface area (Å²) in [5.74, 6) is 0. The molecule has 0 aliphatic carbocycles. The summed E-state index contributed by atoms with van der Waals surface area (Å²) in [5, 5.41) is 84.4. The van der Waals surface area contributed by atoms with E-state index in [4.69, 9.17) is 177 Å². The number of carbonyl (C=O) groups is 1. The summed E-state index contributed by atoms with van der Waals surface area (Å²) in [7, 11) is 6.95. The van der Waals surface area contributed by atoms with Gasteiger partial charge in [0.1, 0.15) is 6.61 Å². The Morgan fingerprint density at radius 3 is 1.06 bits per heavy atom. The first-order chi connectivity index (χ1) is 61.8. The zero-order valence-electron chi connectivity index (χ0n) is 74.8. The first-order valence-corrected chi connectivity index (χ1v) is 43.8. The molecule has 50 heteroatoms. The number of aliphatic hydroxyl groups is 1. The fourth-order valence-corrected chi connectivity index (χ4v) is 12.3. The number of benzene rings is 8. The quantitative estimate of drug-likeness (QED) is 0.0106. The summed E-state index contributed by atoms with van der Waals surface area (Å²) in [6, 6.07) is 37.0. The average Bonchev–Trinajstić information content (AvgIpc) is 0.806. The van der Waals surface area contributed by atoms with Gasteiger partial charge in [0.25, 0.3) is 34.3 Å². The number of hydrogen-bond donors (Lipinski definition) is 6. The molecule has 0 bridgehead atoms. The van der Waals surface area contributed by atoms with Crippen molar-refractivity contribution in [2.75, 3.05) is 18.6 Å². The fourth-order valence-electron chi connectivity index (χ4n) is 9.46. The van der Waals surface area contributed by atoms with E-state index in [1.807, 2.05) is 88.5 Å². The topological polar surface area (TPSA) is 554 Å². The number of nitrogens with zero attached hydrogens (tertiary/aromatic N) is 7. The van der Waals surface area contributed by atoms with Crippen molar-refractivity contribution in [3.63, 3.8) is 0 Å². The Hall–Kier alpha value is -9.79. The second-order valence-corrected chi connectivity index (χ2v) is 32.0. The molecule has 2 heterocycles. The van der Waals surface area contributed by atoms with Gasteiger partial charge in [-0.2, -0.15) is 38.4 Å². The summed E-state index contributed by atoms with van der Waals surface area (Å²) in [6.45, 7) is 26.9. The van der Waals surface area contributed by atoms with Gasteiger partial charge in [-0.15, -0.1) is 16.7 Å². The molecule has 34 nitrogen and oxygen atoms in total. The molecule has 0 saturated carbocycles. The van der Waals surface area contributed by atoms with E-state index >= 15 is 0 Å². The predicted molar refractivity (Wildman–Crippen MR) is 524 cm³/mol. The summed E-state index contributed by atoms with van der Waals surface area (Å²) in [5.41, 5.74) is 28.6. The van der Waals surface area contributed by atoms with Gasteiger partial charge in [-0.05, 0) is 242 Å². The Kier molecular flexibility index (Phi) is 85.0. The smallest absolute Gasteiger partial charge is 1.00 e. The van der Waals surface area contributed by atoms with Gasteiger partial charge in [0.2, 0.25) is 9.23 Å². The van der Waals surface area contributed by atoms with Crippen LogP contribution in [0.5, 0.6) is 0 Å². The third-order valence-corrected chi connectivity index (χ3v) is 20.1. The molecule has 0 amide bonds. The zero-order chi connectivity index (χ0) is 103. The van der Waals surface area contributed by atoms with Crippen LogP contribution >= 0.6 is 146 Å². The van der Waals surface area contributed by atoms with E-state index in [1.54, 1.807) is 76.5 Å². The summed E-state index contributed by atoms with van der Waals surface area (Å²) < 4.78 is 15.2. The van der Waals surface area contributed by atoms with Crippen LogP contribution in [0.3, 0.4) is 0 Å². The van der Waals surface area contributed by atoms with Crippen molar-refractivity contribution in [3.05, 3.63) is 342 Å². The third kappa shape index (κ3) is 62.0. The van der Waals surface area contributed by atoms with Crippen LogP contribution in [0.25, 0.3) is 11.1 Å². The van der Waals surface area contributed by atoms with Gasteiger partial charge in [-0.3, -0.25) is 55.2 Å². The maximum atomic E-state index is 10.6. The first-order valence-electron chi connectivity index (χ1n) is 36.4. The number of aryl methyl sites for hydroxylation is 12. The van der Waals surface area contributed by atoms with Crippen molar-refractivity contribution >= 4 is 241 Å². The van der Waals surface area contributed by atoms with E-state index in [9.17, 15) is 45.3 Å². The molecule has 0 aliphatic rings. The molecular weight excluding hydrogens is 2130 g/mol. The van der Waals surface area contributed by atoms with Crippen LogP contribution in [0.4, 0.5) is 34.1 Å². The maximum absolute atomic E-state index is 10.6. The number of aliphatic hydroxyl groups excluding tert-OH is 1. The summed E-state index contributed by atoms with van der Waals surface area (Å²) >= 11 is 53.5. The molecule has 2 aromatic heterocycles. The van der Waals surface area contributed by atoms with E-state index < -0.39 is 41.1 Å². The number of nitrogens with two attached hydrogens (primary N) is 2. The molecule has 8 aromatic carbocycles. The van der Waals surface area contributed by atoms with Gasteiger partial charge >= 0.3 is 61.3 Å². The van der Waals surface area contributed by atoms with Crippen molar-refractivity contribution in [1.29, 1.82) is 0 Å². The minimum absolute atomic E-state index is 0. The van der Waals surface area contributed by atoms with E-state index in [2.05, 4.69) is 114 Å². The number of allylic oxidation sites excluding steroid dienone is 1. The number of anilines is 2. The monoisotopic (exact) mass is 2210 g/mol. The number of nitro benzene ring substituents is 4. The van der Waals surface area contributed by atoms with Crippen LogP contribution in [0.1, 0.15) is 107 Å². The number of ether oxygens (including phenoxy) is 1. The Labute approximate surface area is 865 Å². The maximum Gasteiger partial charge on any atom is 1.00 e. The van der Waals surface area contributed by atoms with Crippen LogP contribution in [0.15, 0.2) is 174 Å². The second-order valence-electron chi connectivity index (χ2n) is 24.5. The molecule has 0 saturated heterocycles. The summed E-state index contributed by atoms with van der Waals surface area (Å²) in [4.78, 5) is 131. The van der Waals surface area contributed by atoms with Gasteiger partial charge < -0.3 is 38.0 Å². The second kappa shape index (κ2) is 81.6. The molecule has 10 rings (SSSR count). The number of aromatic nitrogens is 2. The Balaban J connectivity index is -0.000000184. The van der Waals surface area contributed by atoms with Crippen LogP contribution in [0, 0.1) is 106 Å². The minimum atomic E-state index is -1.67. The Bertz CT molecular complexity index is 5400. The zero-order valence-corrected chi connectivity index (χ0v) is 87.3. The normalized spacial score (nSPS) is 8.87. The van der Waals surface area contributed by atoms with Crippen LogP contribution in [-0.4, -0.2) is 113 Å². The van der Waals surface area contributed by atoms with Crippen molar-refractivity contribution in [2.24, 2.45) is 0 Å². The number of nitro groups is 4. The van der Waals surface area contributed by atoms with Gasteiger partial charge in [0.15, 0.2) is 0 Å². The molecule has 3 radical (unpaired) electrons. The van der Waals surface area contributed by atoms with Gasteiger partial charge in [0, 0.05) is 160 Å². The number of pyridine rings is 2. The van der Waals surface area contributed by atoms with Gasteiger partial charge in [-0.1, -0.05) is 163 Å². The van der Waals surface area contributed by atoms with Crippen molar-refractivity contribution in [2.45, 2.75) is 122 Å². The SMILES string of the molecule is C=CCc1cc(C)c([N+](=O)[O-])cc1Cl.CCc1cc(C)c(-c2cccnc2)cc1Cl.CCc1cc(C)c(N)cc1Cl.CCc1cc(C)c(N)cc1Cl.CCc1cc(C)c([N+](=O)[O-])cc1Cl.CO.Cc1cc(Br)c(Cl)cc1[N+](=O)[O-].Cc1cc(COC=O)c(Cl)cc1[N+](=O)[O-].Cc1ccc(Cl)c(Br)c1.O=C=O.O=C=O.O=C=O.O=C=O.O=S(Cl)Cl.O=[N+]([O-])O.OB(O)c1cccnc1.[B].[H-].[Na+]. The molecule has 0 fully saturated rings. The van der Waals surface area contributed by atoms with Crippen LogP contribution < -0.4 is 46.5 Å². The van der Waals surface area contributed by atoms with E-state index in [0.717, 1.165) is 102 Å². The average molecular weight is 2220 g/mol. The number of rotatable bonds is 15. The standard InChI is InChI=1S/C14H14ClN.C10H10ClNO2.C9H8ClNO4.C9H10ClNO2.2C9H12ClN.C7H5BrClNO2.C7H6BrCl.C5H6BNO2.4CO2.CH4O.B.Cl2OS.HNO3.Na.H/c1-3-11-7-10(2)13(8-14(11)15)12-5-4-6-16-9-12;1-3-4-8-5-7(2)10(12(13)14)6-9(8)11;1-6-2-7(4-15-5-12)8(10)3-9(6)11(13)14;1-3-7-4-6(2)9(11(12)13)5-8(7)10;2*1-3-7-4-6(2)9(11)5-8(7)10;1-4-2-5(8)6(9)3-7(4)10(11)12;1-5-2-3-7(9)6(8)4-5;8-6(9)5-2-1-3-7-4-5;4*2-1-3;1-2;;1-4(2)3;2-1(3)4;;/h4-9H,3H2,1-2H3;3,5-6H,1,4H2,2H3;2-3,5H,4H2,1H3;4-5H,3H2,1-2H3;2*4-5H,3,11H2,1-2H3;2-3H,1H3;2-4H,1H3;1-4,8-9H;;;;;2H,1H3;;;(H,2,3,4);;/q;;;;;;;;;;;;;;;;;+1;-1. The Morgan fingerprint density at radius 1 is 0.470 bits per heavy atom. The number of carbonyl (C=O) groups excluding carboxylic acids is 9. The van der Waals surface area contributed by atoms with E-state index in [1.165, 1.54) is 64.3 Å². The van der Waals surface area contributed by atoms with E-state index in [-0.39, 0.29) is 98.4 Å². The third-order valence-electron chi connectivity index (χ3n) is 15.6. The van der Waals surface area contributed by atoms with Gasteiger partial charge in [-0.25, -0.2) is 4.21 Å². The summed E-state index contributed by atoms with van der Waals surface area (Å²) in [6.07, 6.45) is 13.6. The van der Waals surface area contributed by atoms with Crippen LogP contribution in [-0.2, 0) is 95.8 Å². The number of hydrogen-bond acceptors (Lipinski definition) is 28.